The van der Waals surface area contributed by atoms with Gasteiger partial charge in [-0.2, -0.15) is 10.2 Å². The topological polar surface area (TPSA) is 195 Å². The van der Waals surface area contributed by atoms with Crippen LogP contribution in [-0.2, 0) is 20.7 Å². The normalized spacial score (nSPS) is 31.8. The molecule has 6 rings (SSSR count). The van der Waals surface area contributed by atoms with Gasteiger partial charge in [0.2, 0.25) is 5.78 Å². The number of phenols is 1. The average molecular weight is 672 g/mol. The van der Waals surface area contributed by atoms with Crippen molar-refractivity contribution in [2.75, 3.05) is 13.2 Å². The van der Waals surface area contributed by atoms with Crippen molar-refractivity contribution in [3.8, 4) is 5.75 Å². The molecule has 4 aliphatic carbocycles. The number of rotatable bonds is 9. The number of fused-ring (bicyclic) bond motifs is 5. The number of aromatic hydroxyl groups is 1. The molecule has 0 aromatic heterocycles. The number of allylic oxidation sites excluding steroid dienone is 4. The van der Waals surface area contributed by atoms with Crippen molar-refractivity contribution < 1.29 is 44.3 Å². The minimum absolute atomic E-state index is 0.0152. The SMILES string of the molecule is CC12C=CC(=O)C=C1CCC1C2C(O)CC2(C)C1CCC2(O)C(=O)COC(=O)NCCc1ccccc1/N=N/c1ccc(O)c(C(=O)O)c1. The van der Waals surface area contributed by atoms with Crippen LogP contribution in [0.15, 0.2) is 76.5 Å². The molecule has 4 aliphatic rings. The largest absolute Gasteiger partial charge is 0.507 e. The van der Waals surface area contributed by atoms with Crippen molar-refractivity contribution in [1.82, 2.24) is 5.32 Å². The number of nitrogens with zero attached hydrogens (tertiary/aromatic N) is 2. The lowest BCUT2D eigenvalue weighted by Crippen LogP contribution is -2.61. The van der Waals surface area contributed by atoms with E-state index in [1.807, 2.05) is 13.0 Å². The van der Waals surface area contributed by atoms with Crippen molar-refractivity contribution in [3.63, 3.8) is 0 Å². The van der Waals surface area contributed by atoms with Gasteiger partial charge in [0.25, 0.3) is 0 Å². The van der Waals surface area contributed by atoms with Crippen LogP contribution in [0.1, 0.15) is 61.9 Å². The molecule has 3 fully saturated rings. The molecule has 3 saturated carbocycles. The molecule has 7 atom stereocenters. The van der Waals surface area contributed by atoms with Gasteiger partial charge in [-0.15, -0.1) is 0 Å². The third kappa shape index (κ3) is 6.08. The quantitative estimate of drug-likeness (QED) is 0.218. The molecule has 7 unspecified atom stereocenters. The van der Waals surface area contributed by atoms with Crippen LogP contribution in [0.3, 0.4) is 0 Å². The van der Waals surface area contributed by atoms with Gasteiger partial charge in [-0.05, 0) is 92.3 Å². The number of nitrogens with one attached hydrogen (secondary N) is 1. The van der Waals surface area contributed by atoms with E-state index >= 15 is 0 Å². The van der Waals surface area contributed by atoms with Crippen LogP contribution in [0.25, 0.3) is 0 Å². The second-order valence-electron chi connectivity index (χ2n) is 14.1. The zero-order valence-corrected chi connectivity index (χ0v) is 27.5. The average Bonchev–Trinajstić information content (AvgIpc) is 3.34. The van der Waals surface area contributed by atoms with Gasteiger partial charge >= 0.3 is 12.1 Å². The molecule has 1 amide bonds. The molecule has 0 aliphatic heterocycles. The van der Waals surface area contributed by atoms with Crippen LogP contribution in [0.4, 0.5) is 16.2 Å². The van der Waals surface area contributed by atoms with Gasteiger partial charge in [0.15, 0.2) is 12.4 Å². The number of carbonyl (C=O) groups is 4. The molecule has 12 heteroatoms. The summed E-state index contributed by atoms with van der Waals surface area (Å²) in [5, 5.41) is 53.3. The smallest absolute Gasteiger partial charge is 0.407 e. The van der Waals surface area contributed by atoms with Crippen LogP contribution < -0.4 is 5.32 Å². The first-order valence-electron chi connectivity index (χ1n) is 16.6. The van der Waals surface area contributed by atoms with Crippen LogP contribution in [0, 0.1) is 28.6 Å². The number of aromatic carboxylic acids is 1. The molecule has 0 heterocycles. The van der Waals surface area contributed by atoms with Gasteiger partial charge in [-0.25, -0.2) is 9.59 Å². The van der Waals surface area contributed by atoms with E-state index in [9.17, 15) is 39.6 Å². The lowest BCUT2D eigenvalue weighted by atomic mass is 9.46. The Bertz CT molecular complexity index is 1790. The van der Waals surface area contributed by atoms with Crippen LogP contribution in [-0.4, -0.2) is 68.9 Å². The molecule has 0 radical (unpaired) electrons. The number of azo groups is 1. The Balaban J connectivity index is 1.04. The van der Waals surface area contributed by atoms with Gasteiger partial charge in [0.05, 0.1) is 17.5 Å². The minimum atomic E-state index is -1.76. The molecule has 0 bridgehead atoms. The number of amides is 1. The fraction of sp³-hybridized carbons (Fsp3) is 0.459. The van der Waals surface area contributed by atoms with E-state index in [1.54, 1.807) is 36.4 Å². The number of hydrogen-bond donors (Lipinski definition) is 5. The zero-order chi connectivity index (χ0) is 35.1. The van der Waals surface area contributed by atoms with Gasteiger partial charge < -0.3 is 30.5 Å². The number of aliphatic hydroxyl groups is 2. The van der Waals surface area contributed by atoms with Crippen molar-refractivity contribution in [3.05, 3.63) is 77.4 Å². The highest BCUT2D eigenvalue weighted by atomic mass is 16.6. The van der Waals surface area contributed by atoms with E-state index in [-0.39, 0.29) is 59.9 Å². The molecular formula is C37H41N3O9. The molecule has 49 heavy (non-hydrogen) atoms. The summed E-state index contributed by atoms with van der Waals surface area (Å²) in [6.45, 7) is 3.48. The summed E-state index contributed by atoms with van der Waals surface area (Å²) >= 11 is 0. The highest BCUT2D eigenvalue weighted by Gasteiger charge is 2.68. The summed E-state index contributed by atoms with van der Waals surface area (Å²) in [7, 11) is 0. The summed E-state index contributed by atoms with van der Waals surface area (Å²) in [6.07, 6.45) is 6.47. The molecule has 0 saturated heterocycles. The number of aliphatic hydroxyl groups excluding tert-OH is 1. The summed E-state index contributed by atoms with van der Waals surface area (Å²) < 4.78 is 5.27. The molecular weight excluding hydrogens is 630 g/mol. The third-order valence-corrected chi connectivity index (χ3v) is 11.6. The fourth-order valence-electron chi connectivity index (χ4n) is 9.08. The Morgan fingerprint density at radius 2 is 1.86 bits per heavy atom. The van der Waals surface area contributed by atoms with E-state index in [0.29, 0.717) is 18.5 Å². The molecule has 12 nitrogen and oxygen atoms in total. The first-order chi connectivity index (χ1) is 23.3. The number of ether oxygens (including phenoxy) is 1. The minimum Gasteiger partial charge on any atom is -0.507 e. The Morgan fingerprint density at radius 1 is 1.08 bits per heavy atom. The number of benzene rings is 2. The molecule has 5 N–H and O–H groups in total. The summed E-state index contributed by atoms with van der Waals surface area (Å²) in [5.74, 6) is -2.38. The number of carboxylic acids is 1. The number of alkyl carbamates (subject to hydrolysis) is 1. The van der Waals surface area contributed by atoms with Gasteiger partial charge in [-0.3, -0.25) is 9.59 Å². The predicted molar refractivity (Wildman–Crippen MR) is 177 cm³/mol. The van der Waals surface area contributed by atoms with E-state index in [4.69, 9.17) is 4.74 Å². The van der Waals surface area contributed by atoms with Crippen LogP contribution in [0.5, 0.6) is 5.75 Å². The standard InChI is InChI=1S/C37H41N3O9/c1-35-14-11-24(41)17-22(35)7-9-25-27-12-15-37(48,36(27,2)19-30(43)32(25)35)31(44)20-49-34(47)38-16-13-21-5-3-4-6-28(21)40-39-23-8-10-29(42)26(18-23)33(45)46/h3-6,8,10-11,14,17-18,25,27,30,32,42-43,48H,7,9,12-13,15-16,19-20H2,1-2H3,(H,38,47)(H,45,46)/b40-39+. The van der Waals surface area contributed by atoms with Gasteiger partial charge in [-0.1, -0.05) is 43.7 Å². The maximum atomic E-state index is 13.6. The second kappa shape index (κ2) is 13.0. The van der Waals surface area contributed by atoms with Crippen molar-refractivity contribution in [2.24, 2.45) is 38.8 Å². The number of hydrogen-bond acceptors (Lipinski definition) is 10. The van der Waals surface area contributed by atoms with Crippen molar-refractivity contribution in [1.29, 1.82) is 0 Å². The predicted octanol–water partition coefficient (Wildman–Crippen LogP) is 5.35. The van der Waals surface area contributed by atoms with E-state index in [0.717, 1.165) is 24.0 Å². The van der Waals surface area contributed by atoms with Gasteiger partial charge in [0.1, 0.15) is 16.9 Å². The molecule has 258 valence electrons. The Labute approximate surface area is 283 Å². The number of carboxylic acid groups (broad SMARTS) is 1. The fourth-order valence-corrected chi connectivity index (χ4v) is 9.08. The molecule has 2 aromatic rings. The number of Topliss-reactive ketones (excluding diaryl/α,β-unsaturated/α-hetero) is 1. The monoisotopic (exact) mass is 671 g/mol. The van der Waals surface area contributed by atoms with E-state index < -0.39 is 47.0 Å². The van der Waals surface area contributed by atoms with Crippen LogP contribution >= 0.6 is 0 Å². The Kier molecular flexibility index (Phi) is 9.06. The molecule has 2 aromatic carbocycles. The highest BCUT2D eigenvalue weighted by Crippen LogP contribution is 2.67. The summed E-state index contributed by atoms with van der Waals surface area (Å²) in [6, 6.07) is 10.9. The van der Waals surface area contributed by atoms with E-state index in [1.165, 1.54) is 18.2 Å². The van der Waals surface area contributed by atoms with E-state index in [2.05, 4.69) is 22.5 Å². The second-order valence-corrected chi connectivity index (χ2v) is 14.1. The molecule has 0 spiro atoms. The lowest BCUT2D eigenvalue weighted by Gasteiger charge is -2.59. The summed E-state index contributed by atoms with van der Waals surface area (Å²) in [4.78, 5) is 49.6. The number of carbonyl (C=O) groups excluding carboxylic acids is 3. The lowest BCUT2D eigenvalue weighted by molar-refractivity contribution is -0.178. The maximum absolute atomic E-state index is 13.6. The first-order valence-corrected chi connectivity index (χ1v) is 16.6. The zero-order valence-electron chi connectivity index (χ0n) is 27.5. The highest BCUT2D eigenvalue weighted by molar-refractivity contribution is 6.01. The number of ketones is 2. The van der Waals surface area contributed by atoms with Crippen LogP contribution in [0.2, 0.25) is 0 Å². The van der Waals surface area contributed by atoms with Crippen molar-refractivity contribution in [2.45, 2.75) is 64.1 Å². The first kappa shape index (κ1) is 34.2. The Morgan fingerprint density at radius 3 is 2.63 bits per heavy atom. The summed E-state index contributed by atoms with van der Waals surface area (Å²) in [5.41, 5.74) is -0.902. The van der Waals surface area contributed by atoms with Gasteiger partial charge in [0, 0.05) is 23.3 Å². The maximum Gasteiger partial charge on any atom is 0.407 e. The van der Waals surface area contributed by atoms with Crippen molar-refractivity contribution >= 4 is 35.0 Å². The Hall–Kier alpha value is -4.68. The third-order valence-electron chi connectivity index (χ3n) is 11.6.